The summed E-state index contributed by atoms with van der Waals surface area (Å²) in [6.45, 7) is 1.94. The number of aromatic nitrogens is 2. The second-order valence-electron chi connectivity index (χ2n) is 5.44. The van der Waals surface area contributed by atoms with E-state index in [0.717, 1.165) is 5.69 Å². The zero-order chi connectivity index (χ0) is 17.5. The topological polar surface area (TPSA) is 76.1 Å². The lowest BCUT2D eigenvalue weighted by molar-refractivity contribution is -0.118. The average Bonchev–Trinajstić information content (AvgIpc) is 2.64. The maximum Gasteiger partial charge on any atom is 0.263 e. The Balaban J connectivity index is 1.51. The molecule has 3 aromatic rings. The van der Waals surface area contributed by atoms with Gasteiger partial charge in [0.05, 0.1) is 0 Å². The second-order valence-corrected chi connectivity index (χ2v) is 5.44. The molecular formula is C19H18N4O2. The molecule has 1 heterocycles. The maximum atomic E-state index is 11.9. The zero-order valence-corrected chi connectivity index (χ0v) is 13.8. The smallest absolute Gasteiger partial charge is 0.263 e. The van der Waals surface area contributed by atoms with Crippen LogP contribution in [-0.2, 0) is 4.79 Å². The van der Waals surface area contributed by atoms with Gasteiger partial charge in [-0.05, 0) is 43.3 Å². The number of carbonyl (C=O) groups excluding carboxylic acids is 1. The number of benzene rings is 2. The van der Waals surface area contributed by atoms with Gasteiger partial charge in [-0.2, -0.15) is 0 Å². The van der Waals surface area contributed by atoms with Crippen molar-refractivity contribution in [2.75, 3.05) is 17.2 Å². The molecule has 2 N–H and O–H groups in total. The highest BCUT2D eigenvalue weighted by Crippen LogP contribution is 2.15. The maximum absolute atomic E-state index is 11.9. The number of ether oxygens (including phenoxy) is 1. The van der Waals surface area contributed by atoms with Crippen molar-refractivity contribution in [3.05, 3.63) is 72.3 Å². The second kappa shape index (κ2) is 7.92. The van der Waals surface area contributed by atoms with E-state index in [0.29, 0.717) is 17.4 Å². The first kappa shape index (κ1) is 16.4. The predicted octanol–water partition coefficient (Wildman–Crippen LogP) is 3.55. The van der Waals surface area contributed by atoms with E-state index in [2.05, 4.69) is 20.8 Å². The van der Waals surface area contributed by atoms with E-state index in [4.69, 9.17) is 4.74 Å². The van der Waals surface area contributed by atoms with Crippen LogP contribution in [0.4, 0.5) is 17.3 Å². The molecule has 126 valence electrons. The van der Waals surface area contributed by atoms with Gasteiger partial charge in [-0.3, -0.25) is 4.79 Å². The van der Waals surface area contributed by atoms with Crippen molar-refractivity contribution >= 4 is 23.2 Å². The first-order valence-corrected chi connectivity index (χ1v) is 7.84. The van der Waals surface area contributed by atoms with Gasteiger partial charge in [-0.1, -0.05) is 35.9 Å². The standard InChI is InChI=1S/C19H18N4O2/c1-14-7-9-15(10-8-14)20-17-11-12-18(23-22-17)21-19(24)13-25-16-5-3-2-4-6-16/h2-12H,13H2,1H3,(H,20,22)(H,21,23,24). The Morgan fingerprint density at radius 2 is 1.60 bits per heavy atom. The summed E-state index contributed by atoms with van der Waals surface area (Å²) in [4.78, 5) is 11.9. The summed E-state index contributed by atoms with van der Waals surface area (Å²) in [5.74, 6) is 1.32. The van der Waals surface area contributed by atoms with Gasteiger partial charge in [-0.15, -0.1) is 10.2 Å². The molecule has 6 nitrogen and oxygen atoms in total. The normalized spacial score (nSPS) is 10.1. The molecule has 0 aliphatic rings. The molecule has 0 saturated carbocycles. The van der Waals surface area contributed by atoms with Crippen molar-refractivity contribution in [2.45, 2.75) is 6.92 Å². The van der Waals surface area contributed by atoms with E-state index >= 15 is 0 Å². The molecule has 25 heavy (non-hydrogen) atoms. The van der Waals surface area contributed by atoms with Crippen LogP contribution < -0.4 is 15.4 Å². The summed E-state index contributed by atoms with van der Waals surface area (Å²) >= 11 is 0. The van der Waals surface area contributed by atoms with Gasteiger partial charge >= 0.3 is 0 Å². The fourth-order valence-electron chi connectivity index (χ4n) is 2.09. The number of aryl methyl sites for hydroxylation is 1. The molecule has 0 aliphatic heterocycles. The van der Waals surface area contributed by atoms with E-state index in [1.165, 1.54) is 5.56 Å². The Morgan fingerprint density at radius 3 is 2.28 bits per heavy atom. The van der Waals surface area contributed by atoms with E-state index in [1.807, 2.05) is 49.4 Å². The van der Waals surface area contributed by atoms with Crippen LogP contribution in [0.15, 0.2) is 66.7 Å². The lowest BCUT2D eigenvalue weighted by Gasteiger charge is -2.08. The summed E-state index contributed by atoms with van der Waals surface area (Å²) in [5, 5.41) is 13.8. The highest BCUT2D eigenvalue weighted by atomic mass is 16.5. The number of nitrogens with one attached hydrogen (secondary N) is 2. The van der Waals surface area contributed by atoms with E-state index in [1.54, 1.807) is 24.3 Å². The highest BCUT2D eigenvalue weighted by molar-refractivity contribution is 5.90. The van der Waals surface area contributed by atoms with Gasteiger partial charge in [-0.25, -0.2) is 0 Å². The summed E-state index contributed by atoms with van der Waals surface area (Å²) < 4.78 is 5.38. The fraction of sp³-hybridized carbons (Fsp3) is 0.105. The van der Waals surface area contributed by atoms with Crippen LogP contribution in [-0.4, -0.2) is 22.7 Å². The molecule has 2 aromatic carbocycles. The number of hydrogen-bond acceptors (Lipinski definition) is 5. The predicted molar refractivity (Wildman–Crippen MR) is 97.1 cm³/mol. The number of hydrogen-bond donors (Lipinski definition) is 2. The van der Waals surface area contributed by atoms with E-state index in [9.17, 15) is 4.79 Å². The van der Waals surface area contributed by atoms with Gasteiger partial charge in [0, 0.05) is 5.69 Å². The molecule has 6 heteroatoms. The van der Waals surface area contributed by atoms with E-state index in [-0.39, 0.29) is 12.5 Å². The van der Waals surface area contributed by atoms with Crippen LogP contribution in [0, 0.1) is 6.92 Å². The van der Waals surface area contributed by atoms with Crippen molar-refractivity contribution in [3.63, 3.8) is 0 Å². The van der Waals surface area contributed by atoms with Gasteiger partial charge in [0.2, 0.25) is 0 Å². The van der Waals surface area contributed by atoms with Crippen LogP contribution in [0.3, 0.4) is 0 Å². The fourth-order valence-corrected chi connectivity index (χ4v) is 2.09. The third-order valence-corrected chi connectivity index (χ3v) is 3.37. The monoisotopic (exact) mass is 334 g/mol. The summed E-state index contributed by atoms with van der Waals surface area (Å²) in [6, 6.07) is 20.5. The summed E-state index contributed by atoms with van der Waals surface area (Å²) in [5.41, 5.74) is 2.11. The van der Waals surface area contributed by atoms with Crippen molar-refractivity contribution in [1.82, 2.24) is 10.2 Å². The van der Waals surface area contributed by atoms with Crippen molar-refractivity contribution in [3.8, 4) is 5.75 Å². The van der Waals surface area contributed by atoms with Crippen molar-refractivity contribution in [2.24, 2.45) is 0 Å². The molecule has 1 amide bonds. The molecule has 3 rings (SSSR count). The third kappa shape index (κ3) is 5.04. The van der Waals surface area contributed by atoms with Gasteiger partial charge in [0.25, 0.3) is 5.91 Å². The van der Waals surface area contributed by atoms with Crippen LogP contribution in [0.25, 0.3) is 0 Å². The lowest BCUT2D eigenvalue weighted by Crippen LogP contribution is -2.21. The molecule has 0 bridgehead atoms. The number of para-hydroxylation sites is 1. The summed E-state index contributed by atoms with van der Waals surface area (Å²) in [7, 11) is 0. The number of carbonyl (C=O) groups is 1. The lowest BCUT2D eigenvalue weighted by atomic mass is 10.2. The summed E-state index contributed by atoms with van der Waals surface area (Å²) in [6.07, 6.45) is 0. The number of rotatable bonds is 6. The van der Waals surface area contributed by atoms with Crippen molar-refractivity contribution in [1.29, 1.82) is 0 Å². The minimum absolute atomic E-state index is 0.0882. The molecule has 0 spiro atoms. The molecule has 0 fully saturated rings. The number of anilines is 3. The van der Waals surface area contributed by atoms with Gasteiger partial charge in [0.1, 0.15) is 5.75 Å². The van der Waals surface area contributed by atoms with Crippen LogP contribution in [0.2, 0.25) is 0 Å². The molecule has 1 aromatic heterocycles. The van der Waals surface area contributed by atoms with Crippen molar-refractivity contribution < 1.29 is 9.53 Å². The highest BCUT2D eigenvalue weighted by Gasteiger charge is 2.05. The molecule has 0 radical (unpaired) electrons. The molecule has 0 aliphatic carbocycles. The third-order valence-electron chi connectivity index (χ3n) is 3.37. The first-order valence-electron chi connectivity index (χ1n) is 7.84. The quantitative estimate of drug-likeness (QED) is 0.721. The number of nitrogens with zero attached hydrogens (tertiary/aromatic N) is 2. The van der Waals surface area contributed by atoms with E-state index < -0.39 is 0 Å². The Morgan fingerprint density at radius 1 is 0.920 bits per heavy atom. The van der Waals surface area contributed by atoms with Crippen LogP contribution in [0.1, 0.15) is 5.56 Å². The zero-order valence-electron chi connectivity index (χ0n) is 13.8. The molecule has 0 unspecified atom stereocenters. The Labute approximate surface area is 145 Å². The minimum atomic E-state index is -0.294. The number of amides is 1. The average molecular weight is 334 g/mol. The molecule has 0 atom stereocenters. The van der Waals surface area contributed by atoms with Crippen LogP contribution in [0.5, 0.6) is 5.75 Å². The Kier molecular flexibility index (Phi) is 5.21. The SMILES string of the molecule is Cc1ccc(Nc2ccc(NC(=O)COc3ccccc3)nn2)cc1. The molecular weight excluding hydrogens is 316 g/mol. The Bertz CT molecular complexity index is 818. The van der Waals surface area contributed by atoms with Crippen LogP contribution >= 0.6 is 0 Å². The first-order chi connectivity index (χ1) is 12.2. The Hall–Kier alpha value is -3.41. The van der Waals surface area contributed by atoms with Gasteiger partial charge < -0.3 is 15.4 Å². The molecule has 0 saturated heterocycles. The van der Waals surface area contributed by atoms with Gasteiger partial charge in [0.15, 0.2) is 18.2 Å². The minimum Gasteiger partial charge on any atom is -0.484 e. The largest absolute Gasteiger partial charge is 0.484 e.